The second-order valence-corrected chi connectivity index (χ2v) is 6.77. The van der Waals surface area contributed by atoms with Crippen LogP contribution in [0.2, 0.25) is 0 Å². The van der Waals surface area contributed by atoms with E-state index in [1.165, 1.54) is 25.9 Å². The highest BCUT2D eigenvalue weighted by Gasteiger charge is 2.48. The first-order valence-electron chi connectivity index (χ1n) is 7.68. The molecule has 1 unspecified atom stereocenters. The third-order valence-corrected chi connectivity index (χ3v) is 4.98. The van der Waals surface area contributed by atoms with Crippen molar-refractivity contribution in [1.82, 2.24) is 9.88 Å². The molecular formula is C16H21N3O. The van der Waals surface area contributed by atoms with Gasteiger partial charge in [-0.05, 0) is 43.9 Å². The van der Waals surface area contributed by atoms with E-state index in [-0.39, 0.29) is 11.3 Å². The van der Waals surface area contributed by atoms with Crippen LogP contribution in [0.25, 0.3) is 0 Å². The molecule has 1 aliphatic carbocycles. The van der Waals surface area contributed by atoms with E-state index in [2.05, 4.69) is 9.88 Å². The van der Waals surface area contributed by atoms with Crippen LogP contribution in [0, 0.1) is 11.3 Å². The fourth-order valence-corrected chi connectivity index (χ4v) is 3.74. The van der Waals surface area contributed by atoms with Gasteiger partial charge in [-0.1, -0.05) is 6.07 Å². The summed E-state index contributed by atoms with van der Waals surface area (Å²) >= 11 is 0. The lowest BCUT2D eigenvalue weighted by Gasteiger charge is -2.23. The Morgan fingerprint density at radius 3 is 2.95 bits per heavy atom. The van der Waals surface area contributed by atoms with Crippen molar-refractivity contribution in [3.8, 4) is 0 Å². The van der Waals surface area contributed by atoms with E-state index in [9.17, 15) is 4.79 Å². The fraction of sp³-hybridized carbons (Fsp3) is 0.625. The van der Waals surface area contributed by atoms with Crippen molar-refractivity contribution in [3.63, 3.8) is 0 Å². The standard InChI is InChI=1S/C16H21N3O/c20-15-9-16(6-8-18(11-16)10-13-4-5-13)12-19(15)14-3-1-2-7-17-14/h1-3,7,13H,4-6,8-12H2. The monoisotopic (exact) mass is 271 g/mol. The van der Waals surface area contributed by atoms with Crippen molar-refractivity contribution in [2.75, 3.05) is 31.1 Å². The Morgan fingerprint density at radius 2 is 2.20 bits per heavy atom. The minimum atomic E-state index is 0.184. The Kier molecular flexibility index (Phi) is 2.81. The van der Waals surface area contributed by atoms with Crippen molar-refractivity contribution >= 4 is 11.7 Å². The minimum absolute atomic E-state index is 0.184. The van der Waals surface area contributed by atoms with Crippen molar-refractivity contribution in [1.29, 1.82) is 0 Å². The molecule has 2 aliphatic heterocycles. The molecule has 1 aromatic rings. The number of carbonyl (C=O) groups is 1. The summed E-state index contributed by atoms with van der Waals surface area (Å²) in [6, 6.07) is 5.79. The van der Waals surface area contributed by atoms with Crippen molar-refractivity contribution in [3.05, 3.63) is 24.4 Å². The zero-order valence-corrected chi connectivity index (χ0v) is 11.8. The van der Waals surface area contributed by atoms with Crippen LogP contribution in [-0.4, -0.2) is 42.0 Å². The van der Waals surface area contributed by atoms with Crippen LogP contribution < -0.4 is 4.90 Å². The smallest absolute Gasteiger partial charge is 0.228 e. The highest BCUT2D eigenvalue weighted by Crippen LogP contribution is 2.42. The van der Waals surface area contributed by atoms with E-state index in [0.717, 1.165) is 31.2 Å². The van der Waals surface area contributed by atoms with Gasteiger partial charge in [-0.2, -0.15) is 0 Å². The van der Waals surface area contributed by atoms with E-state index < -0.39 is 0 Å². The first kappa shape index (κ1) is 12.3. The second-order valence-electron chi connectivity index (χ2n) is 6.77. The van der Waals surface area contributed by atoms with Crippen LogP contribution in [0.4, 0.5) is 5.82 Å². The Balaban J connectivity index is 1.47. The van der Waals surface area contributed by atoms with Gasteiger partial charge >= 0.3 is 0 Å². The normalized spacial score (nSPS) is 30.6. The third-order valence-electron chi connectivity index (χ3n) is 4.98. The van der Waals surface area contributed by atoms with Gasteiger partial charge in [0, 0.05) is 37.7 Å². The highest BCUT2D eigenvalue weighted by atomic mass is 16.2. The number of amides is 1. The van der Waals surface area contributed by atoms with Crippen LogP contribution in [0.15, 0.2) is 24.4 Å². The number of nitrogens with zero attached hydrogens (tertiary/aromatic N) is 3. The van der Waals surface area contributed by atoms with Gasteiger partial charge in [0.15, 0.2) is 0 Å². The molecule has 2 saturated heterocycles. The Labute approximate surface area is 119 Å². The number of hydrogen-bond donors (Lipinski definition) is 0. The molecule has 1 spiro atoms. The molecule has 3 aliphatic rings. The zero-order chi connectivity index (χ0) is 13.6. The summed E-state index contributed by atoms with van der Waals surface area (Å²) in [5.41, 5.74) is 0.184. The van der Waals surface area contributed by atoms with Gasteiger partial charge in [0.05, 0.1) is 0 Å². The molecule has 3 heterocycles. The molecule has 4 nitrogen and oxygen atoms in total. The average Bonchev–Trinajstić information content (AvgIpc) is 3.10. The van der Waals surface area contributed by atoms with E-state index in [0.29, 0.717) is 6.42 Å². The molecule has 106 valence electrons. The first-order valence-corrected chi connectivity index (χ1v) is 7.68. The quantitative estimate of drug-likeness (QED) is 0.842. The van der Waals surface area contributed by atoms with Gasteiger partial charge in [-0.25, -0.2) is 4.98 Å². The van der Waals surface area contributed by atoms with Crippen LogP contribution in [-0.2, 0) is 4.79 Å². The molecule has 4 rings (SSSR count). The average molecular weight is 271 g/mol. The lowest BCUT2D eigenvalue weighted by Crippen LogP contribution is -2.32. The number of hydrogen-bond acceptors (Lipinski definition) is 3. The molecule has 1 amide bonds. The molecule has 0 aromatic carbocycles. The van der Waals surface area contributed by atoms with Gasteiger partial charge in [-0.3, -0.25) is 9.69 Å². The number of rotatable bonds is 3. The summed E-state index contributed by atoms with van der Waals surface area (Å²) in [6.07, 6.45) is 6.44. The molecular weight excluding hydrogens is 250 g/mol. The third kappa shape index (κ3) is 2.22. The maximum atomic E-state index is 12.3. The van der Waals surface area contributed by atoms with Crippen molar-refractivity contribution in [2.45, 2.75) is 25.7 Å². The van der Waals surface area contributed by atoms with Crippen LogP contribution in [0.5, 0.6) is 0 Å². The molecule has 0 bridgehead atoms. The Morgan fingerprint density at radius 1 is 1.30 bits per heavy atom. The molecule has 3 fully saturated rings. The number of carbonyl (C=O) groups excluding carboxylic acids is 1. The number of anilines is 1. The molecule has 20 heavy (non-hydrogen) atoms. The number of aromatic nitrogens is 1. The van der Waals surface area contributed by atoms with Crippen molar-refractivity contribution < 1.29 is 4.79 Å². The van der Waals surface area contributed by atoms with E-state index >= 15 is 0 Å². The molecule has 0 radical (unpaired) electrons. The van der Waals surface area contributed by atoms with E-state index in [4.69, 9.17) is 0 Å². The molecule has 1 atom stereocenters. The second kappa shape index (κ2) is 4.55. The molecule has 1 aromatic heterocycles. The lowest BCUT2D eigenvalue weighted by atomic mass is 9.86. The summed E-state index contributed by atoms with van der Waals surface area (Å²) in [7, 11) is 0. The number of pyridine rings is 1. The summed E-state index contributed by atoms with van der Waals surface area (Å²) < 4.78 is 0. The largest absolute Gasteiger partial charge is 0.302 e. The van der Waals surface area contributed by atoms with Gasteiger partial charge in [0.25, 0.3) is 0 Å². The van der Waals surface area contributed by atoms with Crippen molar-refractivity contribution in [2.24, 2.45) is 11.3 Å². The van der Waals surface area contributed by atoms with Gasteiger partial charge in [-0.15, -0.1) is 0 Å². The van der Waals surface area contributed by atoms with Gasteiger partial charge < -0.3 is 4.90 Å². The van der Waals surface area contributed by atoms with E-state index in [1.54, 1.807) is 6.20 Å². The van der Waals surface area contributed by atoms with E-state index in [1.807, 2.05) is 23.1 Å². The van der Waals surface area contributed by atoms with Gasteiger partial charge in [0.1, 0.15) is 5.82 Å². The summed E-state index contributed by atoms with van der Waals surface area (Å²) in [6.45, 7) is 4.36. The molecule has 4 heteroatoms. The summed E-state index contributed by atoms with van der Waals surface area (Å²) in [5.74, 6) is 2.00. The maximum Gasteiger partial charge on any atom is 0.228 e. The predicted molar refractivity (Wildman–Crippen MR) is 77.4 cm³/mol. The van der Waals surface area contributed by atoms with Crippen LogP contribution in [0.1, 0.15) is 25.7 Å². The predicted octanol–water partition coefficient (Wildman–Crippen LogP) is 1.92. The lowest BCUT2D eigenvalue weighted by molar-refractivity contribution is -0.117. The molecule has 0 N–H and O–H groups in total. The minimum Gasteiger partial charge on any atom is -0.302 e. The summed E-state index contributed by atoms with van der Waals surface area (Å²) in [5, 5.41) is 0. The zero-order valence-electron chi connectivity index (χ0n) is 11.8. The number of likely N-dealkylation sites (tertiary alicyclic amines) is 1. The molecule has 1 saturated carbocycles. The topological polar surface area (TPSA) is 36.4 Å². The van der Waals surface area contributed by atoms with Gasteiger partial charge in [0.2, 0.25) is 5.91 Å². The first-order chi connectivity index (χ1) is 9.74. The Bertz CT molecular complexity index is 514. The SMILES string of the molecule is O=C1CC2(CCN(CC3CC3)C2)CN1c1ccccn1. The fourth-order valence-electron chi connectivity index (χ4n) is 3.74. The summed E-state index contributed by atoms with van der Waals surface area (Å²) in [4.78, 5) is 21.1. The Hall–Kier alpha value is -1.42. The van der Waals surface area contributed by atoms with Crippen LogP contribution in [0.3, 0.4) is 0 Å². The maximum absolute atomic E-state index is 12.3. The van der Waals surface area contributed by atoms with Crippen LogP contribution >= 0.6 is 0 Å². The highest BCUT2D eigenvalue weighted by molar-refractivity contribution is 5.95.